The molecule has 0 saturated heterocycles. The Hall–Kier alpha value is -3.90. The van der Waals surface area contributed by atoms with Gasteiger partial charge in [-0.3, -0.25) is 14.6 Å². The zero-order chi connectivity index (χ0) is 28.2. The van der Waals surface area contributed by atoms with Gasteiger partial charge < -0.3 is 20.6 Å². The lowest BCUT2D eigenvalue weighted by Gasteiger charge is -2.16. The maximum atomic E-state index is 13.0. The number of thiophene rings is 1. The van der Waals surface area contributed by atoms with Gasteiger partial charge in [0.2, 0.25) is 0 Å². The number of nitrogens with zero attached hydrogens (tertiary/aromatic N) is 2. The number of benzene rings is 2. The normalized spacial score (nSPS) is 14.2. The van der Waals surface area contributed by atoms with Crippen LogP contribution in [0, 0.1) is 0 Å². The van der Waals surface area contributed by atoms with Crippen molar-refractivity contribution in [2.45, 2.75) is 25.7 Å². The van der Waals surface area contributed by atoms with Crippen LogP contribution in [0.5, 0.6) is 0 Å². The summed E-state index contributed by atoms with van der Waals surface area (Å²) in [4.78, 5) is 41.3. The largest absolute Gasteiger partial charge is 0.490 e. The number of aliphatic carboxylic acids is 1. The van der Waals surface area contributed by atoms with Gasteiger partial charge >= 0.3 is 12.1 Å². The summed E-state index contributed by atoms with van der Waals surface area (Å²) in [7, 11) is 0. The Labute approximate surface area is 230 Å². The Morgan fingerprint density at radius 2 is 1.85 bits per heavy atom. The molecule has 2 amide bonds. The van der Waals surface area contributed by atoms with E-state index in [9.17, 15) is 22.8 Å². The first-order chi connectivity index (χ1) is 18.5. The van der Waals surface area contributed by atoms with Crippen LogP contribution < -0.4 is 10.6 Å². The molecule has 0 atom stereocenters. The highest BCUT2D eigenvalue weighted by Gasteiger charge is 2.38. The average molecular weight is 579 g/mol. The number of anilines is 1. The van der Waals surface area contributed by atoms with Crippen molar-refractivity contribution in [3.63, 3.8) is 0 Å². The van der Waals surface area contributed by atoms with Crippen molar-refractivity contribution >= 4 is 52.2 Å². The molecule has 0 unspecified atom stereocenters. The smallest absolute Gasteiger partial charge is 0.475 e. The van der Waals surface area contributed by atoms with Crippen LogP contribution in [0.25, 0.3) is 0 Å². The van der Waals surface area contributed by atoms with Crippen LogP contribution in [0.15, 0.2) is 59.6 Å². The predicted molar refractivity (Wildman–Crippen MR) is 141 cm³/mol. The SMILES string of the molecule is O=C(Nc1cccc2c1CN(Cc1cccc(CC3=NCCN3)c1)C2=O)c1ccc(Cl)s1.O=C(O)C(F)(F)F. The lowest BCUT2D eigenvalue weighted by Crippen LogP contribution is -2.23. The lowest BCUT2D eigenvalue weighted by molar-refractivity contribution is -0.192. The number of hydrogen-bond donors (Lipinski definition) is 3. The number of carbonyl (C=O) groups is 3. The Balaban J connectivity index is 0.000000448. The number of nitrogens with one attached hydrogen (secondary N) is 2. The number of hydrogen-bond acceptors (Lipinski definition) is 6. The first kappa shape index (κ1) is 28.1. The zero-order valence-electron chi connectivity index (χ0n) is 20.2. The van der Waals surface area contributed by atoms with E-state index >= 15 is 0 Å². The Morgan fingerprint density at radius 1 is 1.13 bits per heavy atom. The van der Waals surface area contributed by atoms with E-state index in [1.165, 1.54) is 16.9 Å². The third-order valence-electron chi connectivity index (χ3n) is 5.81. The van der Waals surface area contributed by atoms with E-state index in [0.29, 0.717) is 33.6 Å². The number of carboxylic acid groups (broad SMARTS) is 1. The van der Waals surface area contributed by atoms with Gasteiger partial charge in [-0.2, -0.15) is 13.2 Å². The van der Waals surface area contributed by atoms with Crippen molar-refractivity contribution in [1.29, 1.82) is 0 Å². The number of carbonyl (C=O) groups excluding carboxylic acids is 2. The summed E-state index contributed by atoms with van der Waals surface area (Å²) in [6.07, 6.45) is -4.31. The predicted octanol–water partition coefficient (Wildman–Crippen LogP) is 4.99. The second-order valence-electron chi connectivity index (χ2n) is 8.61. The highest BCUT2D eigenvalue weighted by atomic mass is 35.5. The topological polar surface area (TPSA) is 111 Å². The number of amidine groups is 1. The monoisotopic (exact) mass is 578 g/mol. The van der Waals surface area contributed by atoms with E-state index in [1.807, 2.05) is 29.2 Å². The van der Waals surface area contributed by atoms with Crippen molar-refractivity contribution in [3.05, 3.63) is 86.1 Å². The molecule has 13 heteroatoms. The summed E-state index contributed by atoms with van der Waals surface area (Å²) in [5, 5.41) is 13.4. The molecular weight excluding hydrogens is 557 g/mol. The Kier molecular flexibility index (Phi) is 8.56. The van der Waals surface area contributed by atoms with Gasteiger partial charge in [0.15, 0.2) is 0 Å². The molecule has 0 spiro atoms. The van der Waals surface area contributed by atoms with Crippen LogP contribution >= 0.6 is 22.9 Å². The number of rotatable bonds is 6. The van der Waals surface area contributed by atoms with E-state index in [0.717, 1.165) is 36.5 Å². The van der Waals surface area contributed by atoms with E-state index in [2.05, 4.69) is 27.8 Å². The standard InChI is InChI=1S/C24H21ClN4O2S.C2HF3O2/c25-21-8-7-20(32-21)23(30)28-19-6-2-5-17-18(19)14-29(24(17)31)13-16-4-1-3-15(11-16)12-22-26-9-10-27-22;3-2(4,5)1(6)7/h1-8,11H,9-10,12-14H2,(H,26,27)(H,28,30);(H,6,7). The van der Waals surface area contributed by atoms with Crippen LogP contribution in [0.1, 0.15) is 36.7 Å². The number of carboxylic acids is 1. The lowest BCUT2D eigenvalue weighted by atomic mass is 10.1. The van der Waals surface area contributed by atoms with Gasteiger partial charge in [0, 0.05) is 42.9 Å². The summed E-state index contributed by atoms with van der Waals surface area (Å²) < 4.78 is 32.3. The maximum Gasteiger partial charge on any atom is 0.490 e. The Morgan fingerprint density at radius 3 is 2.49 bits per heavy atom. The third kappa shape index (κ3) is 7.15. The summed E-state index contributed by atoms with van der Waals surface area (Å²) in [6.45, 7) is 2.69. The molecule has 0 aliphatic carbocycles. The second-order valence-corrected chi connectivity index (χ2v) is 10.3. The molecule has 204 valence electrons. The molecule has 39 heavy (non-hydrogen) atoms. The van der Waals surface area contributed by atoms with Crippen molar-refractivity contribution in [2.75, 3.05) is 18.4 Å². The van der Waals surface area contributed by atoms with Crippen molar-refractivity contribution < 1.29 is 32.7 Å². The molecule has 5 rings (SSSR count). The fraction of sp³-hybridized carbons (Fsp3) is 0.231. The summed E-state index contributed by atoms with van der Waals surface area (Å²) in [6, 6.07) is 17.1. The molecule has 2 aliphatic heterocycles. The molecule has 0 saturated carbocycles. The van der Waals surface area contributed by atoms with Gasteiger partial charge in [-0.15, -0.1) is 11.3 Å². The van der Waals surface area contributed by atoms with Gasteiger partial charge in [0.05, 0.1) is 15.8 Å². The van der Waals surface area contributed by atoms with Crippen LogP contribution in [0.2, 0.25) is 4.34 Å². The molecule has 0 bridgehead atoms. The summed E-state index contributed by atoms with van der Waals surface area (Å²) >= 11 is 7.18. The quantitative estimate of drug-likeness (QED) is 0.382. The molecule has 0 fully saturated rings. The van der Waals surface area contributed by atoms with Crippen molar-refractivity contribution in [3.8, 4) is 0 Å². The highest BCUT2D eigenvalue weighted by molar-refractivity contribution is 7.18. The van der Waals surface area contributed by atoms with Gasteiger partial charge in [0.25, 0.3) is 11.8 Å². The minimum absolute atomic E-state index is 0.0255. The van der Waals surface area contributed by atoms with E-state index < -0.39 is 12.1 Å². The number of fused-ring (bicyclic) bond motifs is 1. The molecular formula is C26H22ClF3N4O4S. The fourth-order valence-electron chi connectivity index (χ4n) is 4.07. The van der Waals surface area contributed by atoms with Gasteiger partial charge in [-0.05, 0) is 35.4 Å². The van der Waals surface area contributed by atoms with Crippen molar-refractivity contribution in [2.24, 2.45) is 4.99 Å². The highest BCUT2D eigenvalue weighted by Crippen LogP contribution is 2.31. The third-order valence-corrected chi connectivity index (χ3v) is 7.04. The van der Waals surface area contributed by atoms with Crippen LogP contribution in [-0.4, -0.2) is 52.9 Å². The number of alkyl halides is 3. The van der Waals surface area contributed by atoms with Gasteiger partial charge in [-0.25, -0.2) is 4.79 Å². The molecule has 1 aromatic heterocycles. The average Bonchev–Trinajstić information content (AvgIpc) is 3.62. The summed E-state index contributed by atoms with van der Waals surface area (Å²) in [5.74, 6) is -1.99. The van der Waals surface area contributed by atoms with E-state index in [1.54, 1.807) is 18.2 Å². The molecule has 0 radical (unpaired) electrons. The number of amides is 2. The van der Waals surface area contributed by atoms with E-state index in [4.69, 9.17) is 21.5 Å². The first-order valence-corrected chi connectivity index (χ1v) is 12.8. The minimum atomic E-state index is -5.08. The number of aliphatic imine (C=N–C) groups is 1. The minimum Gasteiger partial charge on any atom is -0.475 e. The van der Waals surface area contributed by atoms with E-state index in [-0.39, 0.29) is 11.8 Å². The van der Waals surface area contributed by atoms with Crippen molar-refractivity contribution in [1.82, 2.24) is 10.2 Å². The fourth-order valence-corrected chi connectivity index (χ4v) is 5.01. The van der Waals surface area contributed by atoms with Gasteiger partial charge in [0.1, 0.15) is 5.84 Å². The second kappa shape index (κ2) is 11.9. The first-order valence-electron chi connectivity index (χ1n) is 11.6. The zero-order valence-corrected chi connectivity index (χ0v) is 21.8. The molecule has 3 aromatic rings. The van der Waals surface area contributed by atoms with Gasteiger partial charge in [-0.1, -0.05) is 41.9 Å². The van der Waals surface area contributed by atoms with Crippen LogP contribution in [-0.2, 0) is 24.3 Å². The molecule has 3 heterocycles. The Bertz CT molecular complexity index is 1440. The molecule has 2 aliphatic rings. The van der Waals surface area contributed by atoms with Crippen LogP contribution in [0.4, 0.5) is 18.9 Å². The number of halogens is 4. The maximum absolute atomic E-state index is 13.0. The van der Waals surface area contributed by atoms with Crippen LogP contribution in [0.3, 0.4) is 0 Å². The molecule has 8 nitrogen and oxygen atoms in total. The molecule has 2 aromatic carbocycles. The summed E-state index contributed by atoms with van der Waals surface area (Å²) in [5.41, 5.74) is 4.37. The molecule has 3 N–H and O–H groups in total.